The quantitative estimate of drug-likeness (QED) is 0.537. The summed E-state index contributed by atoms with van der Waals surface area (Å²) in [5.41, 5.74) is 1.03. The molecule has 0 aromatic heterocycles. The van der Waals surface area contributed by atoms with Crippen LogP contribution in [0, 0.1) is 0 Å². The van der Waals surface area contributed by atoms with Crippen molar-refractivity contribution in [3.8, 4) is 0 Å². The lowest BCUT2D eigenvalue weighted by Crippen LogP contribution is -1.86. The first-order valence-corrected chi connectivity index (χ1v) is 4.59. The first-order chi connectivity index (χ1) is 6.33. The summed E-state index contributed by atoms with van der Waals surface area (Å²) < 4.78 is 0. The van der Waals surface area contributed by atoms with Gasteiger partial charge in [0.1, 0.15) is 6.61 Å². The summed E-state index contributed by atoms with van der Waals surface area (Å²) in [6.07, 6.45) is 2.61. The van der Waals surface area contributed by atoms with Crippen LogP contribution in [0.15, 0.2) is 29.4 Å². The van der Waals surface area contributed by atoms with Crippen LogP contribution in [0.5, 0.6) is 0 Å². The molecule has 2 nitrogen and oxygen atoms in total. The van der Waals surface area contributed by atoms with Crippen molar-refractivity contribution in [3.05, 3.63) is 34.9 Å². The minimum atomic E-state index is 0.469. The van der Waals surface area contributed by atoms with Crippen LogP contribution in [0.4, 0.5) is 0 Å². The maximum absolute atomic E-state index is 5.79. The van der Waals surface area contributed by atoms with Gasteiger partial charge in [-0.1, -0.05) is 35.8 Å². The molecular weight excluding hydrogens is 186 g/mol. The zero-order chi connectivity index (χ0) is 9.52. The van der Waals surface area contributed by atoms with Gasteiger partial charge in [0, 0.05) is 11.2 Å². The lowest BCUT2D eigenvalue weighted by atomic mass is 10.2. The van der Waals surface area contributed by atoms with E-state index in [1.165, 1.54) is 0 Å². The van der Waals surface area contributed by atoms with Crippen molar-refractivity contribution in [1.29, 1.82) is 0 Å². The SMILES string of the molecule is CCC=NOCc1cccc(Cl)c1. The highest BCUT2D eigenvalue weighted by Crippen LogP contribution is 2.11. The predicted molar refractivity (Wildman–Crippen MR) is 55.0 cm³/mol. The van der Waals surface area contributed by atoms with Gasteiger partial charge in [-0.15, -0.1) is 0 Å². The lowest BCUT2D eigenvalue weighted by Gasteiger charge is -1.99. The molecule has 0 N–H and O–H groups in total. The van der Waals surface area contributed by atoms with Gasteiger partial charge in [0.25, 0.3) is 0 Å². The third-order valence-electron chi connectivity index (χ3n) is 1.45. The fraction of sp³-hybridized carbons (Fsp3) is 0.300. The van der Waals surface area contributed by atoms with Crippen molar-refractivity contribution in [1.82, 2.24) is 0 Å². The Morgan fingerprint density at radius 2 is 2.38 bits per heavy atom. The van der Waals surface area contributed by atoms with E-state index in [1.807, 2.05) is 31.2 Å². The van der Waals surface area contributed by atoms with Gasteiger partial charge in [-0.2, -0.15) is 0 Å². The van der Waals surface area contributed by atoms with Crippen LogP contribution in [0.2, 0.25) is 5.02 Å². The molecule has 0 aliphatic rings. The van der Waals surface area contributed by atoms with E-state index in [4.69, 9.17) is 16.4 Å². The molecule has 0 heterocycles. The second-order valence-corrected chi connectivity index (χ2v) is 3.04. The third kappa shape index (κ3) is 3.95. The van der Waals surface area contributed by atoms with E-state index in [2.05, 4.69) is 5.16 Å². The second kappa shape index (κ2) is 5.60. The van der Waals surface area contributed by atoms with Crippen LogP contribution in [0.1, 0.15) is 18.9 Å². The van der Waals surface area contributed by atoms with Gasteiger partial charge in [0.15, 0.2) is 0 Å². The van der Waals surface area contributed by atoms with Gasteiger partial charge in [-0.25, -0.2) is 0 Å². The molecule has 0 bridgehead atoms. The molecule has 0 radical (unpaired) electrons. The monoisotopic (exact) mass is 197 g/mol. The first-order valence-electron chi connectivity index (χ1n) is 4.21. The average Bonchev–Trinajstić information content (AvgIpc) is 2.13. The summed E-state index contributed by atoms with van der Waals surface area (Å²) in [5, 5.41) is 4.47. The Kier molecular flexibility index (Phi) is 4.33. The van der Waals surface area contributed by atoms with E-state index in [0.717, 1.165) is 17.0 Å². The van der Waals surface area contributed by atoms with Crippen molar-refractivity contribution in [2.24, 2.45) is 5.16 Å². The summed E-state index contributed by atoms with van der Waals surface area (Å²) in [6.45, 7) is 2.48. The number of rotatable bonds is 4. The molecule has 0 saturated carbocycles. The smallest absolute Gasteiger partial charge is 0.142 e. The molecule has 70 valence electrons. The van der Waals surface area contributed by atoms with E-state index in [9.17, 15) is 0 Å². The van der Waals surface area contributed by atoms with Crippen molar-refractivity contribution < 1.29 is 4.84 Å². The highest BCUT2D eigenvalue weighted by atomic mass is 35.5. The van der Waals surface area contributed by atoms with Crippen LogP contribution in [-0.2, 0) is 11.4 Å². The largest absolute Gasteiger partial charge is 0.391 e. The molecule has 0 unspecified atom stereocenters. The Hall–Kier alpha value is -1.02. The van der Waals surface area contributed by atoms with Crippen molar-refractivity contribution >= 4 is 17.8 Å². The highest BCUT2D eigenvalue weighted by Gasteiger charge is 1.92. The topological polar surface area (TPSA) is 21.6 Å². The van der Waals surface area contributed by atoms with Crippen LogP contribution in [-0.4, -0.2) is 6.21 Å². The predicted octanol–water partition coefficient (Wildman–Crippen LogP) is 3.25. The molecule has 3 heteroatoms. The molecule has 0 fully saturated rings. The number of benzene rings is 1. The van der Waals surface area contributed by atoms with E-state index in [0.29, 0.717) is 6.61 Å². The Morgan fingerprint density at radius 1 is 1.54 bits per heavy atom. The van der Waals surface area contributed by atoms with Gasteiger partial charge in [-0.3, -0.25) is 0 Å². The van der Waals surface area contributed by atoms with Crippen LogP contribution in [0.25, 0.3) is 0 Å². The molecule has 13 heavy (non-hydrogen) atoms. The molecule has 1 aromatic carbocycles. The number of hydrogen-bond donors (Lipinski definition) is 0. The molecule has 1 aromatic rings. The number of halogens is 1. The van der Waals surface area contributed by atoms with Gasteiger partial charge < -0.3 is 4.84 Å². The van der Waals surface area contributed by atoms with Gasteiger partial charge in [0.2, 0.25) is 0 Å². The summed E-state index contributed by atoms with van der Waals surface area (Å²) in [5.74, 6) is 0. The molecular formula is C10H12ClNO. The minimum absolute atomic E-state index is 0.469. The molecule has 0 amide bonds. The van der Waals surface area contributed by atoms with E-state index >= 15 is 0 Å². The minimum Gasteiger partial charge on any atom is -0.391 e. The van der Waals surface area contributed by atoms with Crippen molar-refractivity contribution in [2.45, 2.75) is 20.0 Å². The normalized spacial score (nSPS) is 10.6. The van der Waals surface area contributed by atoms with Crippen LogP contribution >= 0.6 is 11.6 Å². The molecule has 0 aliphatic heterocycles. The summed E-state index contributed by atoms with van der Waals surface area (Å²) in [4.78, 5) is 5.03. The summed E-state index contributed by atoms with van der Waals surface area (Å²) >= 11 is 5.79. The average molecular weight is 198 g/mol. The van der Waals surface area contributed by atoms with Gasteiger partial charge >= 0.3 is 0 Å². The van der Waals surface area contributed by atoms with Crippen LogP contribution < -0.4 is 0 Å². The van der Waals surface area contributed by atoms with Crippen molar-refractivity contribution in [2.75, 3.05) is 0 Å². The number of nitrogens with zero attached hydrogens (tertiary/aromatic N) is 1. The molecule has 0 spiro atoms. The van der Waals surface area contributed by atoms with E-state index in [1.54, 1.807) is 6.21 Å². The Morgan fingerprint density at radius 3 is 3.08 bits per heavy atom. The zero-order valence-electron chi connectivity index (χ0n) is 7.53. The fourth-order valence-corrected chi connectivity index (χ4v) is 1.08. The maximum atomic E-state index is 5.79. The van der Waals surface area contributed by atoms with Crippen molar-refractivity contribution in [3.63, 3.8) is 0 Å². The third-order valence-corrected chi connectivity index (χ3v) is 1.69. The second-order valence-electron chi connectivity index (χ2n) is 2.60. The number of hydrogen-bond acceptors (Lipinski definition) is 2. The van der Waals surface area contributed by atoms with Gasteiger partial charge in [0.05, 0.1) is 0 Å². The molecule has 1 rings (SSSR count). The molecule has 0 atom stereocenters. The Labute approximate surface area is 83.2 Å². The van der Waals surface area contributed by atoms with E-state index in [-0.39, 0.29) is 0 Å². The molecule has 0 aliphatic carbocycles. The summed E-state index contributed by atoms with van der Waals surface area (Å²) in [6, 6.07) is 7.54. The standard InChI is InChI=1S/C10H12ClNO/c1-2-6-12-13-8-9-4-3-5-10(11)7-9/h3-7H,2,8H2,1H3. The first kappa shape index (κ1) is 10.1. The highest BCUT2D eigenvalue weighted by molar-refractivity contribution is 6.30. The zero-order valence-corrected chi connectivity index (χ0v) is 8.29. The fourth-order valence-electron chi connectivity index (χ4n) is 0.866. The lowest BCUT2D eigenvalue weighted by molar-refractivity contribution is 0.131. The molecule has 0 saturated heterocycles. The summed E-state index contributed by atoms with van der Waals surface area (Å²) in [7, 11) is 0. The Bertz CT molecular complexity index is 286. The maximum Gasteiger partial charge on any atom is 0.142 e. The Balaban J connectivity index is 2.41. The number of oxime groups is 1. The van der Waals surface area contributed by atoms with Crippen LogP contribution in [0.3, 0.4) is 0 Å². The van der Waals surface area contributed by atoms with E-state index < -0.39 is 0 Å². The van der Waals surface area contributed by atoms with Gasteiger partial charge in [-0.05, 0) is 24.1 Å².